The fourth-order valence-electron chi connectivity index (χ4n) is 2.69. The van der Waals surface area contributed by atoms with Gasteiger partial charge in [-0.15, -0.1) is 0 Å². The van der Waals surface area contributed by atoms with Crippen LogP contribution < -0.4 is 10.6 Å². The summed E-state index contributed by atoms with van der Waals surface area (Å²) in [6.07, 6.45) is -0.190. The number of hydrogen-bond acceptors (Lipinski definition) is 6. The predicted octanol–water partition coefficient (Wildman–Crippen LogP) is 2.98. The summed E-state index contributed by atoms with van der Waals surface area (Å²) in [5.74, 6) is -1.01. The number of rotatable bonds is 9. The van der Waals surface area contributed by atoms with Crippen molar-refractivity contribution in [2.45, 2.75) is 39.3 Å². The first-order valence-corrected chi connectivity index (χ1v) is 10.3. The zero-order valence-electron chi connectivity index (χ0n) is 18.6. The van der Waals surface area contributed by atoms with E-state index in [4.69, 9.17) is 14.9 Å². The zero-order chi connectivity index (χ0) is 23.6. The smallest absolute Gasteiger partial charge is 0.408 e. The van der Waals surface area contributed by atoms with Gasteiger partial charge in [0.15, 0.2) is 0 Å². The van der Waals surface area contributed by atoms with Gasteiger partial charge in [-0.05, 0) is 31.9 Å². The maximum Gasteiger partial charge on any atom is 0.408 e. The summed E-state index contributed by atoms with van der Waals surface area (Å²) in [6.45, 7) is 5.37. The molecule has 2 aromatic rings. The summed E-state index contributed by atoms with van der Waals surface area (Å²) in [4.78, 5) is 35.5. The van der Waals surface area contributed by atoms with Crippen LogP contribution in [0.2, 0.25) is 0 Å². The van der Waals surface area contributed by atoms with Gasteiger partial charge in [-0.1, -0.05) is 54.6 Å². The van der Waals surface area contributed by atoms with E-state index in [1.54, 1.807) is 45.0 Å². The lowest BCUT2D eigenvalue weighted by molar-refractivity contribution is -0.142. The molecular formula is C24H29N3O5. The highest BCUT2D eigenvalue weighted by molar-refractivity contribution is 6.44. The quantitative estimate of drug-likeness (QED) is 0.410. The van der Waals surface area contributed by atoms with Crippen molar-refractivity contribution in [3.8, 4) is 0 Å². The first kappa shape index (κ1) is 24.6. The van der Waals surface area contributed by atoms with E-state index in [9.17, 15) is 14.4 Å². The van der Waals surface area contributed by atoms with Crippen molar-refractivity contribution in [1.29, 1.82) is 5.41 Å². The maximum absolute atomic E-state index is 12.2. The molecule has 170 valence electrons. The Labute approximate surface area is 187 Å². The molecule has 32 heavy (non-hydrogen) atoms. The van der Waals surface area contributed by atoms with E-state index < -0.39 is 23.6 Å². The minimum atomic E-state index is -0.676. The minimum Gasteiger partial charge on any atom is -0.464 e. The Kier molecular flexibility index (Phi) is 8.95. The third-order valence-electron chi connectivity index (χ3n) is 4.16. The van der Waals surface area contributed by atoms with Crippen molar-refractivity contribution in [3.05, 3.63) is 71.3 Å². The van der Waals surface area contributed by atoms with Crippen LogP contribution in [-0.2, 0) is 32.0 Å². The minimum absolute atomic E-state index is 0.0892. The molecule has 3 N–H and O–H groups in total. The van der Waals surface area contributed by atoms with Crippen molar-refractivity contribution in [2.75, 3.05) is 13.2 Å². The second-order valence-corrected chi connectivity index (χ2v) is 8.07. The first-order chi connectivity index (χ1) is 15.1. The van der Waals surface area contributed by atoms with Crippen molar-refractivity contribution < 1.29 is 23.9 Å². The Hall–Kier alpha value is -3.68. The van der Waals surface area contributed by atoms with Crippen LogP contribution in [0.15, 0.2) is 54.6 Å². The summed E-state index contributed by atoms with van der Waals surface area (Å²) < 4.78 is 10.2. The largest absolute Gasteiger partial charge is 0.464 e. The Morgan fingerprint density at radius 3 is 2.31 bits per heavy atom. The van der Waals surface area contributed by atoms with Crippen molar-refractivity contribution in [2.24, 2.45) is 0 Å². The Morgan fingerprint density at radius 2 is 1.62 bits per heavy atom. The summed E-state index contributed by atoms with van der Waals surface area (Å²) in [5, 5.41) is 13.1. The van der Waals surface area contributed by atoms with Crippen molar-refractivity contribution in [3.63, 3.8) is 0 Å². The molecule has 8 nitrogen and oxygen atoms in total. The van der Waals surface area contributed by atoms with Crippen LogP contribution in [0, 0.1) is 5.41 Å². The van der Waals surface area contributed by atoms with Crippen LogP contribution in [0.1, 0.15) is 37.5 Å². The van der Waals surface area contributed by atoms with E-state index in [0.717, 1.165) is 11.1 Å². The predicted molar refractivity (Wildman–Crippen MR) is 120 cm³/mol. The number of benzene rings is 2. The lowest BCUT2D eigenvalue weighted by Gasteiger charge is -2.19. The highest BCUT2D eigenvalue weighted by Crippen LogP contribution is 2.08. The number of hydrogen-bond donors (Lipinski definition) is 3. The maximum atomic E-state index is 12.2. The van der Waals surface area contributed by atoms with Crippen LogP contribution in [0.25, 0.3) is 0 Å². The molecule has 8 heteroatoms. The molecule has 0 saturated heterocycles. The standard InChI is InChI=1S/C24H29N3O5/c1-24(2,3)32-23(30)27-16-20(28)31-13-12-17-8-7-9-18(14-17)15-26-22(29)21(25)19-10-5-4-6-11-19/h4-11,14,25H,12-13,15-16H2,1-3H3,(H,26,29)(H,27,30). The van der Waals surface area contributed by atoms with Crippen LogP contribution in [0.4, 0.5) is 4.79 Å². The van der Waals surface area contributed by atoms with Gasteiger partial charge < -0.3 is 20.1 Å². The molecule has 0 radical (unpaired) electrons. The normalized spacial score (nSPS) is 10.7. The molecule has 0 aliphatic heterocycles. The number of nitrogens with one attached hydrogen (secondary N) is 3. The van der Waals surface area contributed by atoms with Crippen LogP contribution in [0.3, 0.4) is 0 Å². The number of alkyl carbamates (subject to hydrolysis) is 1. The van der Waals surface area contributed by atoms with E-state index >= 15 is 0 Å². The Balaban J connectivity index is 1.73. The van der Waals surface area contributed by atoms with Crippen molar-refractivity contribution >= 4 is 23.7 Å². The molecule has 0 fully saturated rings. The summed E-state index contributed by atoms with van der Waals surface area (Å²) >= 11 is 0. The van der Waals surface area contributed by atoms with Crippen molar-refractivity contribution in [1.82, 2.24) is 10.6 Å². The van der Waals surface area contributed by atoms with Crippen LogP contribution >= 0.6 is 0 Å². The molecule has 0 aromatic heterocycles. The lowest BCUT2D eigenvalue weighted by Crippen LogP contribution is -2.36. The van der Waals surface area contributed by atoms with E-state index in [1.807, 2.05) is 30.3 Å². The molecule has 0 aliphatic carbocycles. The molecule has 0 spiro atoms. The highest BCUT2D eigenvalue weighted by Gasteiger charge is 2.17. The number of esters is 1. The highest BCUT2D eigenvalue weighted by atomic mass is 16.6. The number of ether oxygens (including phenoxy) is 2. The van der Waals surface area contributed by atoms with Gasteiger partial charge in [-0.25, -0.2) is 4.79 Å². The lowest BCUT2D eigenvalue weighted by atomic mass is 10.1. The second-order valence-electron chi connectivity index (χ2n) is 8.07. The van der Waals surface area contributed by atoms with Gasteiger partial charge in [0.05, 0.1) is 6.61 Å². The van der Waals surface area contributed by atoms with Gasteiger partial charge in [0.1, 0.15) is 17.9 Å². The molecule has 0 saturated carbocycles. The first-order valence-electron chi connectivity index (χ1n) is 10.3. The molecule has 0 bridgehead atoms. The van der Waals surface area contributed by atoms with E-state index in [-0.39, 0.29) is 25.4 Å². The third kappa shape index (κ3) is 8.99. The molecule has 0 atom stereocenters. The van der Waals surface area contributed by atoms with Gasteiger partial charge in [0.2, 0.25) is 0 Å². The summed E-state index contributed by atoms with van der Waals surface area (Å²) in [6, 6.07) is 16.3. The average Bonchev–Trinajstić information content (AvgIpc) is 2.75. The average molecular weight is 440 g/mol. The monoisotopic (exact) mass is 439 g/mol. The number of amides is 2. The van der Waals surface area contributed by atoms with Gasteiger partial charge in [-0.2, -0.15) is 0 Å². The Bertz CT molecular complexity index is 952. The number of carbonyl (C=O) groups excluding carboxylic acids is 3. The second kappa shape index (κ2) is 11.6. The molecule has 0 heterocycles. The zero-order valence-corrected chi connectivity index (χ0v) is 18.6. The van der Waals surface area contributed by atoms with Crippen LogP contribution in [0.5, 0.6) is 0 Å². The fourth-order valence-corrected chi connectivity index (χ4v) is 2.69. The van der Waals surface area contributed by atoms with Gasteiger partial charge in [-0.3, -0.25) is 15.0 Å². The molecule has 2 aromatic carbocycles. The van der Waals surface area contributed by atoms with E-state index in [0.29, 0.717) is 12.0 Å². The Morgan fingerprint density at radius 1 is 0.938 bits per heavy atom. The summed E-state index contributed by atoms with van der Waals surface area (Å²) in [5.41, 5.74) is 1.63. The SMILES string of the molecule is CC(C)(C)OC(=O)NCC(=O)OCCc1cccc(CNC(=O)C(=N)c2ccccc2)c1. The van der Waals surface area contributed by atoms with E-state index in [1.165, 1.54) is 0 Å². The van der Waals surface area contributed by atoms with Gasteiger partial charge in [0, 0.05) is 18.5 Å². The van der Waals surface area contributed by atoms with Gasteiger partial charge in [0.25, 0.3) is 5.91 Å². The van der Waals surface area contributed by atoms with Gasteiger partial charge >= 0.3 is 12.1 Å². The topological polar surface area (TPSA) is 118 Å². The molecule has 0 aliphatic rings. The molecular weight excluding hydrogens is 410 g/mol. The van der Waals surface area contributed by atoms with Crippen LogP contribution in [-0.4, -0.2) is 42.4 Å². The fraction of sp³-hybridized carbons (Fsp3) is 0.333. The number of carbonyl (C=O) groups is 3. The molecule has 2 amide bonds. The summed E-state index contributed by atoms with van der Waals surface area (Å²) in [7, 11) is 0. The molecule has 2 rings (SSSR count). The van der Waals surface area contributed by atoms with E-state index in [2.05, 4.69) is 10.6 Å². The molecule has 0 unspecified atom stereocenters. The third-order valence-corrected chi connectivity index (χ3v) is 4.16.